The maximum atomic E-state index is 5.86. The Morgan fingerprint density at radius 1 is 1.28 bits per heavy atom. The van der Waals surface area contributed by atoms with Crippen LogP contribution in [0, 0.1) is 0 Å². The lowest BCUT2D eigenvalue weighted by molar-refractivity contribution is 0.999. The molecule has 1 aromatic rings. The quantitative estimate of drug-likeness (QED) is 0.296. The molecule has 0 radical (unpaired) electrons. The number of nitrogens with two attached hydrogens (primary N) is 2. The predicted octanol–water partition coefficient (Wildman–Crippen LogP) is 2.92. The molecule has 0 fully saturated rings. The Morgan fingerprint density at radius 2 is 2.00 bits per heavy atom. The van der Waals surface area contributed by atoms with Crippen LogP contribution in [0.3, 0.4) is 0 Å². The zero-order valence-corrected chi connectivity index (χ0v) is 11.7. The van der Waals surface area contributed by atoms with E-state index in [0.717, 1.165) is 34.9 Å². The predicted molar refractivity (Wildman–Crippen MR) is 80.2 cm³/mol. The van der Waals surface area contributed by atoms with Crippen molar-refractivity contribution >= 4 is 27.3 Å². The number of nitrogens with zero attached hydrogens (tertiary/aromatic N) is 1. The van der Waals surface area contributed by atoms with Crippen molar-refractivity contribution in [2.45, 2.75) is 18.2 Å². The highest BCUT2D eigenvalue weighted by atomic mass is 79.9. The molecule has 0 bridgehead atoms. The van der Waals surface area contributed by atoms with Crippen molar-refractivity contribution in [2.75, 3.05) is 0 Å². The zero-order chi connectivity index (χ0) is 13.0. The van der Waals surface area contributed by atoms with Crippen LogP contribution in [0.15, 0.2) is 47.1 Å². The van der Waals surface area contributed by atoms with E-state index in [1.165, 1.54) is 5.56 Å². The summed E-state index contributed by atoms with van der Waals surface area (Å²) >= 11 is 3.44. The van der Waals surface area contributed by atoms with Gasteiger partial charge in [-0.05, 0) is 29.5 Å². The third-order valence-electron chi connectivity index (χ3n) is 3.04. The van der Waals surface area contributed by atoms with Gasteiger partial charge in [-0.2, -0.15) is 5.10 Å². The van der Waals surface area contributed by atoms with E-state index in [0.29, 0.717) is 5.84 Å². The summed E-state index contributed by atoms with van der Waals surface area (Å²) in [6.07, 6.45) is 6.12. The van der Waals surface area contributed by atoms with Gasteiger partial charge in [0.15, 0.2) is 0 Å². The highest BCUT2D eigenvalue weighted by molar-refractivity contribution is 9.08. The lowest BCUT2D eigenvalue weighted by Gasteiger charge is -2.15. The van der Waals surface area contributed by atoms with E-state index in [-0.39, 0.29) is 0 Å². The zero-order valence-electron chi connectivity index (χ0n) is 10.1. The van der Waals surface area contributed by atoms with Crippen LogP contribution in [0.2, 0.25) is 0 Å². The second kappa shape index (κ2) is 5.87. The van der Waals surface area contributed by atoms with E-state index in [2.05, 4.69) is 57.4 Å². The highest BCUT2D eigenvalue weighted by Crippen LogP contribution is 2.28. The highest BCUT2D eigenvalue weighted by Gasteiger charge is 2.13. The van der Waals surface area contributed by atoms with Gasteiger partial charge in [0.1, 0.15) is 5.84 Å². The van der Waals surface area contributed by atoms with Crippen molar-refractivity contribution in [3.05, 3.63) is 53.1 Å². The third-order valence-corrected chi connectivity index (χ3v) is 3.69. The fraction of sp³-hybridized carbons (Fsp3) is 0.214. The monoisotopic (exact) mass is 305 g/mol. The van der Waals surface area contributed by atoms with Crippen LogP contribution in [0.4, 0.5) is 0 Å². The summed E-state index contributed by atoms with van der Waals surface area (Å²) in [7, 11) is 0. The normalized spacial score (nSPS) is 16.2. The van der Waals surface area contributed by atoms with Crippen LogP contribution in [0.25, 0.3) is 5.57 Å². The molecule has 0 saturated carbocycles. The summed E-state index contributed by atoms with van der Waals surface area (Å²) in [6, 6.07) is 8.41. The molecule has 2 rings (SSSR count). The van der Waals surface area contributed by atoms with E-state index in [1.807, 2.05) is 0 Å². The molecule has 1 aliphatic rings. The number of hydrazone groups is 1. The van der Waals surface area contributed by atoms with Crippen LogP contribution < -0.4 is 11.6 Å². The van der Waals surface area contributed by atoms with E-state index in [4.69, 9.17) is 11.6 Å². The van der Waals surface area contributed by atoms with Gasteiger partial charge in [0, 0.05) is 10.9 Å². The molecule has 0 heterocycles. The minimum absolute atomic E-state index is 0.430. The molecule has 0 amide bonds. The standard InChI is InChI=1S/C14H16BrN3/c15-9-10-5-7-11(8-6-10)12-3-1-2-4-13(12)14(16)18-17/h1,3,5-8H,2,4,9,17H2,(H2,16,18). The molecular formula is C14H16BrN3. The van der Waals surface area contributed by atoms with Crippen LogP contribution in [0.5, 0.6) is 0 Å². The van der Waals surface area contributed by atoms with E-state index in [1.54, 1.807) is 0 Å². The summed E-state index contributed by atoms with van der Waals surface area (Å²) in [6.45, 7) is 0. The maximum absolute atomic E-state index is 5.86. The Bertz CT molecular complexity index is 512. The first-order chi connectivity index (χ1) is 8.76. The van der Waals surface area contributed by atoms with Gasteiger partial charge < -0.3 is 11.6 Å². The van der Waals surface area contributed by atoms with Crippen molar-refractivity contribution in [3.63, 3.8) is 0 Å². The number of halogens is 1. The van der Waals surface area contributed by atoms with E-state index in [9.17, 15) is 0 Å². The van der Waals surface area contributed by atoms with Gasteiger partial charge in [-0.15, -0.1) is 0 Å². The Balaban J connectivity index is 2.44. The first kappa shape index (κ1) is 12.9. The van der Waals surface area contributed by atoms with Gasteiger partial charge in [-0.25, -0.2) is 0 Å². The fourth-order valence-corrected chi connectivity index (χ4v) is 2.43. The average Bonchev–Trinajstić information content (AvgIpc) is 2.46. The Morgan fingerprint density at radius 3 is 2.61 bits per heavy atom. The lowest BCUT2D eigenvalue weighted by Crippen LogP contribution is -2.19. The lowest BCUT2D eigenvalue weighted by atomic mass is 9.91. The molecule has 0 saturated heterocycles. The number of benzene rings is 1. The smallest absolute Gasteiger partial charge is 0.146 e. The van der Waals surface area contributed by atoms with Crippen LogP contribution in [-0.4, -0.2) is 5.84 Å². The van der Waals surface area contributed by atoms with Crippen molar-refractivity contribution in [2.24, 2.45) is 16.7 Å². The van der Waals surface area contributed by atoms with Crippen molar-refractivity contribution in [1.29, 1.82) is 0 Å². The molecular weight excluding hydrogens is 290 g/mol. The topological polar surface area (TPSA) is 64.4 Å². The van der Waals surface area contributed by atoms with Crippen molar-refractivity contribution < 1.29 is 0 Å². The number of rotatable bonds is 3. The summed E-state index contributed by atoms with van der Waals surface area (Å²) < 4.78 is 0. The molecule has 0 atom stereocenters. The summed E-state index contributed by atoms with van der Waals surface area (Å²) in [4.78, 5) is 0. The van der Waals surface area contributed by atoms with Crippen LogP contribution in [-0.2, 0) is 5.33 Å². The second-order valence-electron chi connectivity index (χ2n) is 4.18. The molecule has 0 aromatic heterocycles. The number of hydrogen-bond donors (Lipinski definition) is 2. The Hall–Kier alpha value is -1.55. The first-order valence-electron chi connectivity index (χ1n) is 5.85. The Labute approximate surface area is 115 Å². The van der Waals surface area contributed by atoms with Gasteiger partial charge in [0.05, 0.1) is 0 Å². The number of allylic oxidation sites excluding steroid dienone is 3. The minimum Gasteiger partial charge on any atom is -0.382 e. The van der Waals surface area contributed by atoms with Gasteiger partial charge in [0.25, 0.3) is 0 Å². The largest absolute Gasteiger partial charge is 0.382 e. The second-order valence-corrected chi connectivity index (χ2v) is 4.74. The first-order valence-corrected chi connectivity index (χ1v) is 6.97. The fourth-order valence-electron chi connectivity index (χ4n) is 2.05. The molecule has 94 valence electrons. The van der Waals surface area contributed by atoms with Crippen molar-refractivity contribution in [1.82, 2.24) is 0 Å². The molecule has 4 heteroatoms. The summed E-state index contributed by atoms with van der Waals surface area (Å²) in [5.74, 6) is 5.72. The minimum atomic E-state index is 0.430. The number of alkyl halides is 1. The molecule has 3 nitrogen and oxygen atoms in total. The SMILES string of the molecule is NN=C(N)C1=C(c2ccc(CBr)cc2)C=CCC1. The van der Waals surface area contributed by atoms with Crippen LogP contribution in [0.1, 0.15) is 24.0 Å². The van der Waals surface area contributed by atoms with Gasteiger partial charge in [-0.1, -0.05) is 52.3 Å². The van der Waals surface area contributed by atoms with Crippen LogP contribution >= 0.6 is 15.9 Å². The third kappa shape index (κ3) is 2.64. The summed E-state index contributed by atoms with van der Waals surface area (Å²) in [5, 5.41) is 4.48. The van der Waals surface area contributed by atoms with Gasteiger partial charge >= 0.3 is 0 Å². The molecule has 0 unspecified atom stereocenters. The molecule has 0 spiro atoms. The molecule has 0 aliphatic heterocycles. The average molecular weight is 306 g/mol. The molecule has 18 heavy (non-hydrogen) atoms. The number of hydrogen-bond acceptors (Lipinski definition) is 2. The van der Waals surface area contributed by atoms with E-state index >= 15 is 0 Å². The van der Waals surface area contributed by atoms with Gasteiger partial charge in [0.2, 0.25) is 0 Å². The molecule has 1 aromatic carbocycles. The molecule has 4 N–H and O–H groups in total. The summed E-state index contributed by atoms with van der Waals surface area (Å²) in [5.41, 5.74) is 10.4. The Kier molecular flexibility index (Phi) is 4.20. The van der Waals surface area contributed by atoms with E-state index < -0.39 is 0 Å². The maximum Gasteiger partial charge on any atom is 0.146 e. The van der Waals surface area contributed by atoms with Crippen molar-refractivity contribution in [3.8, 4) is 0 Å². The van der Waals surface area contributed by atoms with Gasteiger partial charge in [-0.3, -0.25) is 0 Å². The molecule has 1 aliphatic carbocycles. The number of amidine groups is 1.